The first-order valence-electron chi connectivity index (χ1n) is 10.0. The third-order valence-corrected chi connectivity index (χ3v) is 5.22. The molecule has 1 aromatic heterocycles. The van der Waals surface area contributed by atoms with Gasteiger partial charge in [0.25, 0.3) is 11.8 Å². The number of carbonyl (C=O) groups excluding carboxylic acids is 2. The van der Waals surface area contributed by atoms with Crippen LogP contribution in [0.4, 0.5) is 8.78 Å². The molecule has 4 rings (SSSR count). The summed E-state index contributed by atoms with van der Waals surface area (Å²) < 4.78 is 28.1. The number of rotatable bonds is 6. The SMILES string of the molecule is Cc1c(F)cc(C(=O)NC2CC2)cc1-c1ccc(C(=O)NCc2ccccc2F)cn1. The molecule has 0 spiro atoms. The number of hydrogen-bond acceptors (Lipinski definition) is 3. The molecule has 0 atom stereocenters. The van der Waals surface area contributed by atoms with Crippen LogP contribution in [-0.4, -0.2) is 22.8 Å². The van der Waals surface area contributed by atoms with Gasteiger partial charge < -0.3 is 10.6 Å². The maximum absolute atomic E-state index is 14.4. The second-order valence-electron chi connectivity index (χ2n) is 7.58. The normalized spacial score (nSPS) is 13.0. The van der Waals surface area contributed by atoms with Gasteiger partial charge in [-0.15, -0.1) is 0 Å². The molecule has 0 unspecified atom stereocenters. The highest BCUT2D eigenvalue weighted by atomic mass is 19.1. The van der Waals surface area contributed by atoms with Crippen LogP contribution in [-0.2, 0) is 6.54 Å². The van der Waals surface area contributed by atoms with Gasteiger partial charge in [-0.1, -0.05) is 18.2 Å². The van der Waals surface area contributed by atoms with Crippen molar-refractivity contribution in [1.82, 2.24) is 15.6 Å². The summed E-state index contributed by atoms with van der Waals surface area (Å²) in [6.07, 6.45) is 3.25. The Morgan fingerprint density at radius 1 is 1.00 bits per heavy atom. The zero-order chi connectivity index (χ0) is 22.0. The van der Waals surface area contributed by atoms with Gasteiger partial charge in [-0.25, -0.2) is 8.78 Å². The number of pyridine rings is 1. The van der Waals surface area contributed by atoms with E-state index in [0.29, 0.717) is 27.9 Å². The van der Waals surface area contributed by atoms with Crippen molar-refractivity contribution in [2.75, 3.05) is 0 Å². The van der Waals surface area contributed by atoms with Gasteiger partial charge >= 0.3 is 0 Å². The van der Waals surface area contributed by atoms with Crippen LogP contribution in [0.25, 0.3) is 11.3 Å². The third-order valence-electron chi connectivity index (χ3n) is 5.22. The van der Waals surface area contributed by atoms with E-state index in [0.717, 1.165) is 12.8 Å². The predicted octanol–water partition coefficient (Wildman–Crippen LogP) is 4.16. The second-order valence-corrected chi connectivity index (χ2v) is 7.58. The zero-order valence-corrected chi connectivity index (χ0v) is 16.9. The summed E-state index contributed by atoms with van der Waals surface area (Å²) in [5.74, 6) is -1.60. The van der Waals surface area contributed by atoms with Crippen molar-refractivity contribution in [1.29, 1.82) is 0 Å². The lowest BCUT2D eigenvalue weighted by molar-refractivity contribution is 0.0942. The van der Waals surface area contributed by atoms with E-state index in [1.807, 2.05) is 0 Å². The molecular formula is C24H21F2N3O2. The maximum Gasteiger partial charge on any atom is 0.253 e. The molecule has 31 heavy (non-hydrogen) atoms. The monoisotopic (exact) mass is 421 g/mol. The van der Waals surface area contributed by atoms with E-state index >= 15 is 0 Å². The number of aromatic nitrogens is 1. The van der Waals surface area contributed by atoms with Gasteiger partial charge in [0, 0.05) is 35.5 Å². The number of nitrogens with zero attached hydrogens (tertiary/aromatic N) is 1. The molecule has 1 aliphatic carbocycles. The van der Waals surface area contributed by atoms with Crippen molar-refractivity contribution in [3.8, 4) is 11.3 Å². The lowest BCUT2D eigenvalue weighted by atomic mass is 10.00. The smallest absolute Gasteiger partial charge is 0.253 e. The maximum atomic E-state index is 14.4. The fourth-order valence-corrected chi connectivity index (χ4v) is 3.18. The molecule has 7 heteroatoms. The Labute approximate surface area is 178 Å². The summed E-state index contributed by atoms with van der Waals surface area (Å²) in [4.78, 5) is 29.0. The van der Waals surface area contributed by atoms with Gasteiger partial charge in [0.05, 0.1) is 11.3 Å². The third kappa shape index (κ3) is 4.77. The Morgan fingerprint density at radius 2 is 1.77 bits per heavy atom. The standard InChI is InChI=1S/C24H21F2N3O2/c1-14-19(10-17(11-21(14)26)24(31)29-18-7-8-18)22-9-6-16(13-27-22)23(30)28-12-15-4-2-3-5-20(15)25/h2-6,9-11,13,18H,7-8,12H2,1H3,(H,28,30)(H,29,31). The number of hydrogen-bond donors (Lipinski definition) is 2. The predicted molar refractivity (Wildman–Crippen MR) is 112 cm³/mol. The number of amides is 2. The number of nitrogens with one attached hydrogen (secondary N) is 2. The van der Waals surface area contributed by atoms with Crippen LogP contribution in [0, 0.1) is 18.6 Å². The first-order chi connectivity index (χ1) is 14.9. The van der Waals surface area contributed by atoms with Gasteiger partial charge in [0.1, 0.15) is 11.6 Å². The Hall–Kier alpha value is -3.61. The van der Waals surface area contributed by atoms with E-state index in [1.54, 1.807) is 43.3 Å². The minimum absolute atomic E-state index is 0.0513. The number of halogens is 2. The Morgan fingerprint density at radius 3 is 2.45 bits per heavy atom. The molecule has 1 saturated carbocycles. The lowest BCUT2D eigenvalue weighted by Gasteiger charge is -2.11. The second kappa shape index (κ2) is 8.63. The van der Waals surface area contributed by atoms with Crippen molar-refractivity contribution >= 4 is 11.8 Å². The van der Waals surface area contributed by atoms with Crippen LogP contribution in [0.1, 0.15) is 44.7 Å². The Balaban J connectivity index is 1.50. The summed E-state index contributed by atoms with van der Waals surface area (Å²) in [7, 11) is 0. The highest BCUT2D eigenvalue weighted by Gasteiger charge is 2.24. The van der Waals surface area contributed by atoms with Gasteiger partial charge in [0.2, 0.25) is 0 Å². The molecular weight excluding hydrogens is 400 g/mol. The molecule has 1 fully saturated rings. The van der Waals surface area contributed by atoms with Gasteiger partial charge in [-0.05, 0) is 55.7 Å². The van der Waals surface area contributed by atoms with Crippen LogP contribution in [0.15, 0.2) is 54.7 Å². The minimum Gasteiger partial charge on any atom is -0.349 e. The molecule has 2 amide bonds. The molecule has 0 radical (unpaired) electrons. The minimum atomic E-state index is -0.494. The molecule has 1 heterocycles. The van der Waals surface area contributed by atoms with E-state index < -0.39 is 11.7 Å². The van der Waals surface area contributed by atoms with E-state index in [9.17, 15) is 18.4 Å². The summed E-state index contributed by atoms with van der Waals surface area (Å²) in [5.41, 5.74) is 2.21. The van der Waals surface area contributed by atoms with Crippen LogP contribution in [0.3, 0.4) is 0 Å². The summed E-state index contributed by atoms with van der Waals surface area (Å²) >= 11 is 0. The van der Waals surface area contributed by atoms with E-state index in [1.165, 1.54) is 18.3 Å². The van der Waals surface area contributed by atoms with Crippen LogP contribution in [0.5, 0.6) is 0 Å². The Kier molecular flexibility index (Phi) is 5.75. The van der Waals surface area contributed by atoms with Crippen LogP contribution in [0.2, 0.25) is 0 Å². The average Bonchev–Trinajstić information content (AvgIpc) is 3.59. The topological polar surface area (TPSA) is 71.1 Å². The molecule has 1 aliphatic rings. The molecule has 2 aromatic carbocycles. The van der Waals surface area contributed by atoms with E-state index in [4.69, 9.17) is 0 Å². The van der Waals surface area contributed by atoms with Crippen molar-refractivity contribution in [3.05, 3.63) is 88.6 Å². The molecule has 0 saturated heterocycles. The first-order valence-corrected chi connectivity index (χ1v) is 10.0. The molecule has 0 bridgehead atoms. The zero-order valence-electron chi connectivity index (χ0n) is 16.9. The van der Waals surface area contributed by atoms with Gasteiger partial charge in [-0.2, -0.15) is 0 Å². The van der Waals surface area contributed by atoms with E-state index in [-0.39, 0.29) is 29.9 Å². The largest absolute Gasteiger partial charge is 0.349 e. The average molecular weight is 421 g/mol. The van der Waals surface area contributed by atoms with Gasteiger partial charge in [-0.3, -0.25) is 14.6 Å². The van der Waals surface area contributed by atoms with Crippen LogP contribution >= 0.6 is 0 Å². The number of carbonyl (C=O) groups is 2. The fourth-order valence-electron chi connectivity index (χ4n) is 3.18. The van der Waals surface area contributed by atoms with Crippen LogP contribution < -0.4 is 10.6 Å². The molecule has 158 valence electrons. The molecule has 3 aromatic rings. The highest BCUT2D eigenvalue weighted by molar-refractivity contribution is 5.96. The Bertz CT molecular complexity index is 1140. The van der Waals surface area contributed by atoms with Crippen molar-refractivity contribution in [2.24, 2.45) is 0 Å². The molecule has 5 nitrogen and oxygen atoms in total. The quantitative estimate of drug-likeness (QED) is 0.628. The van der Waals surface area contributed by atoms with Crippen molar-refractivity contribution < 1.29 is 18.4 Å². The van der Waals surface area contributed by atoms with Crippen molar-refractivity contribution in [3.63, 3.8) is 0 Å². The van der Waals surface area contributed by atoms with Crippen molar-refractivity contribution in [2.45, 2.75) is 32.4 Å². The highest BCUT2D eigenvalue weighted by Crippen LogP contribution is 2.26. The summed E-state index contributed by atoms with van der Waals surface area (Å²) in [6.45, 7) is 1.67. The lowest BCUT2D eigenvalue weighted by Crippen LogP contribution is -2.25. The molecule has 2 N–H and O–H groups in total. The van der Waals surface area contributed by atoms with Gasteiger partial charge in [0.15, 0.2) is 0 Å². The summed E-state index contributed by atoms with van der Waals surface area (Å²) in [6, 6.07) is 12.4. The fraction of sp³-hybridized carbons (Fsp3) is 0.208. The molecule has 0 aliphatic heterocycles. The number of benzene rings is 2. The first kappa shape index (κ1) is 20.7. The van der Waals surface area contributed by atoms with E-state index in [2.05, 4.69) is 15.6 Å². The summed E-state index contributed by atoms with van der Waals surface area (Å²) in [5, 5.41) is 5.50.